The maximum absolute atomic E-state index is 5.23. The number of benzene rings is 1. The van der Waals surface area contributed by atoms with Gasteiger partial charge in [-0.1, -0.05) is 18.2 Å². The van der Waals surface area contributed by atoms with Crippen molar-refractivity contribution in [3.8, 4) is 0 Å². The van der Waals surface area contributed by atoms with Crippen LogP contribution in [0.15, 0.2) is 30.3 Å². The van der Waals surface area contributed by atoms with E-state index in [0.29, 0.717) is 6.10 Å². The molecule has 1 aliphatic rings. The molecular weight excluding hydrogens is 168 g/mol. The molecule has 0 N–H and O–H groups in total. The Morgan fingerprint density at radius 1 is 1.33 bits per heavy atom. The number of ether oxygens (including phenoxy) is 1. The Labute approximate surface area is 74.6 Å². The number of fused-ring (bicyclic) bond motifs is 1. The predicted molar refractivity (Wildman–Crippen MR) is 50.5 cm³/mol. The molecular formula is C10H8OS. The average molecular weight is 176 g/mol. The van der Waals surface area contributed by atoms with Crippen molar-refractivity contribution in [2.75, 3.05) is 6.61 Å². The third-order valence-corrected chi connectivity index (χ3v) is 3.30. The molecule has 0 bridgehead atoms. The van der Waals surface area contributed by atoms with E-state index in [1.165, 1.54) is 15.0 Å². The van der Waals surface area contributed by atoms with E-state index >= 15 is 0 Å². The van der Waals surface area contributed by atoms with Gasteiger partial charge in [-0.2, -0.15) is 0 Å². The van der Waals surface area contributed by atoms with Crippen molar-refractivity contribution >= 4 is 21.4 Å². The lowest BCUT2D eigenvalue weighted by molar-refractivity contribution is 0.418. The van der Waals surface area contributed by atoms with Crippen molar-refractivity contribution in [1.29, 1.82) is 0 Å². The van der Waals surface area contributed by atoms with Crippen molar-refractivity contribution in [1.82, 2.24) is 0 Å². The molecule has 1 nitrogen and oxygen atoms in total. The zero-order valence-corrected chi connectivity index (χ0v) is 7.30. The summed E-state index contributed by atoms with van der Waals surface area (Å²) < 4.78 is 6.60. The van der Waals surface area contributed by atoms with E-state index in [9.17, 15) is 0 Å². The largest absolute Gasteiger partial charge is 0.367 e. The van der Waals surface area contributed by atoms with Crippen LogP contribution >= 0.6 is 11.3 Å². The molecule has 0 aliphatic carbocycles. The standard InChI is InChI=1S/C10H8OS/c1-2-4-9-7(3-1)5-10(12-9)8-6-11-8/h1-5,8H,6H2. The predicted octanol–water partition coefficient (Wildman–Crippen LogP) is 2.97. The van der Waals surface area contributed by atoms with Gasteiger partial charge < -0.3 is 4.74 Å². The molecule has 60 valence electrons. The van der Waals surface area contributed by atoms with E-state index in [4.69, 9.17) is 4.74 Å². The van der Waals surface area contributed by atoms with Crippen LogP contribution in [-0.4, -0.2) is 6.61 Å². The van der Waals surface area contributed by atoms with Gasteiger partial charge >= 0.3 is 0 Å². The molecule has 1 saturated heterocycles. The van der Waals surface area contributed by atoms with Crippen molar-refractivity contribution < 1.29 is 4.74 Å². The first-order valence-electron chi connectivity index (χ1n) is 4.03. The highest BCUT2D eigenvalue weighted by Gasteiger charge is 2.26. The van der Waals surface area contributed by atoms with Gasteiger partial charge in [0.1, 0.15) is 6.10 Å². The molecule has 1 aliphatic heterocycles. The Morgan fingerprint density at radius 2 is 2.17 bits per heavy atom. The van der Waals surface area contributed by atoms with Crippen LogP contribution in [0, 0.1) is 0 Å². The van der Waals surface area contributed by atoms with Crippen molar-refractivity contribution in [2.24, 2.45) is 0 Å². The summed E-state index contributed by atoms with van der Waals surface area (Å²) >= 11 is 1.84. The molecule has 1 aromatic heterocycles. The smallest absolute Gasteiger partial charge is 0.115 e. The summed E-state index contributed by atoms with van der Waals surface area (Å²) in [4.78, 5) is 1.37. The van der Waals surface area contributed by atoms with E-state index in [1.807, 2.05) is 11.3 Å². The second-order valence-corrected chi connectivity index (χ2v) is 4.12. The molecule has 1 unspecified atom stereocenters. The van der Waals surface area contributed by atoms with Crippen LogP contribution in [0.4, 0.5) is 0 Å². The highest BCUT2D eigenvalue weighted by Crippen LogP contribution is 2.37. The van der Waals surface area contributed by atoms with Crippen LogP contribution in [0.2, 0.25) is 0 Å². The van der Waals surface area contributed by atoms with E-state index in [-0.39, 0.29) is 0 Å². The summed E-state index contributed by atoms with van der Waals surface area (Å²) in [6.45, 7) is 0.910. The minimum absolute atomic E-state index is 0.405. The maximum atomic E-state index is 5.23. The average Bonchev–Trinajstić information content (AvgIpc) is 2.85. The Bertz CT molecular complexity index is 381. The number of rotatable bonds is 1. The normalized spacial score (nSPS) is 21.5. The van der Waals surface area contributed by atoms with E-state index in [1.54, 1.807) is 0 Å². The number of hydrogen-bond donors (Lipinski definition) is 0. The quantitative estimate of drug-likeness (QED) is 0.608. The van der Waals surface area contributed by atoms with Crippen molar-refractivity contribution in [3.63, 3.8) is 0 Å². The first-order chi connectivity index (χ1) is 5.93. The van der Waals surface area contributed by atoms with Crippen molar-refractivity contribution in [2.45, 2.75) is 6.10 Å². The minimum Gasteiger partial charge on any atom is -0.367 e. The molecule has 0 radical (unpaired) electrons. The zero-order valence-electron chi connectivity index (χ0n) is 6.49. The molecule has 0 spiro atoms. The van der Waals surface area contributed by atoms with Gasteiger partial charge in [0.05, 0.1) is 6.61 Å². The van der Waals surface area contributed by atoms with E-state index < -0.39 is 0 Å². The van der Waals surface area contributed by atoms with Gasteiger partial charge in [-0.3, -0.25) is 0 Å². The minimum atomic E-state index is 0.405. The fourth-order valence-corrected chi connectivity index (χ4v) is 2.47. The summed E-state index contributed by atoms with van der Waals surface area (Å²) in [5.74, 6) is 0. The Balaban J connectivity index is 2.23. The SMILES string of the molecule is c1ccc2sc(C3CO3)cc2c1. The van der Waals surface area contributed by atoms with Crippen LogP contribution in [-0.2, 0) is 4.74 Å². The number of epoxide rings is 1. The van der Waals surface area contributed by atoms with Gasteiger partial charge in [-0.15, -0.1) is 11.3 Å². The molecule has 0 saturated carbocycles. The second kappa shape index (κ2) is 2.31. The summed E-state index contributed by atoms with van der Waals surface area (Å²) in [6, 6.07) is 10.7. The lowest BCUT2D eigenvalue weighted by atomic mass is 10.2. The second-order valence-electron chi connectivity index (χ2n) is 3.01. The molecule has 3 rings (SSSR count). The van der Waals surface area contributed by atoms with E-state index in [2.05, 4.69) is 30.3 Å². The maximum Gasteiger partial charge on any atom is 0.115 e. The summed E-state index contributed by atoms with van der Waals surface area (Å²) in [5, 5.41) is 1.34. The van der Waals surface area contributed by atoms with Crippen LogP contribution in [0.5, 0.6) is 0 Å². The zero-order chi connectivity index (χ0) is 7.97. The molecule has 1 aromatic carbocycles. The topological polar surface area (TPSA) is 12.5 Å². The van der Waals surface area contributed by atoms with Crippen LogP contribution < -0.4 is 0 Å². The number of thiophene rings is 1. The van der Waals surface area contributed by atoms with Gasteiger partial charge in [0.2, 0.25) is 0 Å². The first-order valence-corrected chi connectivity index (χ1v) is 4.85. The van der Waals surface area contributed by atoms with Crippen LogP contribution in [0.25, 0.3) is 10.1 Å². The molecule has 2 heteroatoms. The van der Waals surface area contributed by atoms with Gasteiger partial charge in [-0.25, -0.2) is 0 Å². The first kappa shape index (κ1) is 6.63. The number of hydrogen-bond acceptors (Lipinski definition) is 2. The van der Waals surface area contributed by atoms with Crippen LogP contribution in [0.1, 0.15) is 11.0 Å². The lowest BCUT2D eigenvalue weighted by Gasteiger charge is -1.82. The Hall–Kier alpha value is -0.860. The summed E-state index contributed by atoms with van der Waals surface area (Å²) in [6.07, 6.45) is 0.405. The van der Waals surface area contributed by atoms with Gasteiger partial charge in [-0.05, 0) is 17.5 Å². The molecule has 0 amide bonds. The lowest BCUT2D eigenvalue weighted by Crippen LogP contribution is -1.66. The Kier molecular flexibility index (Phi) is 1.28. The van der Waals surface area contributed by atoms with Gasteiger partial charge in [0.25, 0.3) is 0 Å². The Morgan fingerprint density at radius 3 is 2.92 bits per heavy atom. The highest BCUT2D eigenvalue weighted by molar-refractivity contribution is 7.19. The summed E-state index contributed by atoms with van der Waals surface area (Å²) in [5.41, 5.74) is 0. The van der Waals surface area contributed by atoms with Gasteiger partial charge in [0, 0.05) is 9.58 Å². The highest BCUT2D eigenvalue weighted by atomic mass is 32.1. The van der Waals surface area contributed by atoms with Crippen molar-refractivity contribution in [3.05, 3.63) is 35.2 Å². The fourth-order valence-electron chi connectivity index (χ4n) is 1.37. The van der Waals surface area contributed by atoms with Crippen LogP contribution in [0.3, 0.4) is 0 Å². The molecule has 1 fully saturated rings. The molecule has 1 atom stereocenters. The third-order valence-electron chi connectivity index (χ3n) is 2.10. The van der Waals surface area contributed by atoms with E-state index in [0.717, 1.165) is 6.61 Å². The summed E-state index contributed by atoms with van der Waals surface area (Å²) in [7, 11) is 0. The molecule has 2 aromatic rings. The fraction of sp³-hybridized carbons (Fsp3) is 0.200. The monoisotopic (exact) mass is 176 g/mol. The third kappa shape index (κ3) is 0.958. The molecule has 2 heterocycles. The van der Waals surface area contributed by atoms with Gasteiger partial charge in [0.15, 0.2) is 0 Å². The molecule has 12 heavy (non-hydrogen) atoms.